The summed E-state index contributed by atoms with van der Waals surface area (Å²) in [7, 11) is 0. The number of para-hydroxylation sites is 2. The largest absolute Gasteiger partial charge is 0.317 e. The quantitative estimate of drug-likeness (QED) is 0.353. The summed E-state index contributed by atoms with van der Waals surface area (Å²) in [4.78, 5) is 9.45. The summed E-state index contributed by atoms with van der Waals surface area (Å²) in [5, 5.41) is 5.77. The van der Waals surface area contributed by atoms with Gasteiger partial charge in [0.2, 0.25) is 0 Å². The van der Waals surface area contributed by atoms with Crippen molar-refractivity contribution in [2.45, 2.75) is 6.42 Å². The van der Waals surface area contributed by atoms with Gasteiger partial charge in [0.25, 0.3) is 0 Å². The summed E-state index contributed by atoms with van der Waals surface area (Å²) in [5.74, 6) is 0.712. The molecule has 0 atom stereocenters. The van der Waals surface area contributed by atoms with Gasteiger partial charge in [-0.1, -0.05) is 85.5 Å². The van der Waals surface area contributed by atoms with Gasteiger partial charge in [0, 0.05) is 28.1 Å². The van der Waals surface area contributed by atoms with Crippen LogP contribution in [0.2, 0.25) is 0 Å². The first-order valence-corrected chi connectivity index (χ1v) is 13.1. The molecule has 0 aliphatic heterocycles. The van der Waals surface area contributed by atoms with Crippen molar-refractivity contribution in [3.05, 3.63) is 143 Å². The number of nitrogens with zero attached hydrogens (tertiary/aromatic N) is 4. The molecule has 4 nitrogen and oxygen atoms in total. The Labute approximate surface area is 226 Å². The maximum absolute atomic E-state index is 4.73. The summed E-state index contributed by atoms with van der Waals surface area (Å²) in [6.07, 6.45) is 15.7. The average Bonchev–Trinajstić information content (AvgIpc) is 3.52. The predicted octanol–water partition coefficient (Wildman–Crippen LogP) is 4.66. The third-order valence-electron chi connectivity index (χ3n) is 7.18. The number of aromatic nitrogens is 4. The molecule has 39 heavy (non-hydrogen) atoms. The zero-order chi connectivity index (χ0) is 26.2. The fourth-order valence-electron chi connectivity index (χ4n) is 5.39. The van der Waals surface area contributed by atoms with Crippen LogP contribution >= 0.6 is 0 Å². The van der Waals surface area contributed by atoms with E-state index in [-0.39, 0.29) is 0 Å². The first-order chi connectivity index (χ1) is 19.3. The van der Waals surface area contributed by atoms with Crippen LogP contribution in [0.5, 0.6) is 0 Å². The van der Waals surface area contributed by atoms with Gasteiger partial charge in [0.15, 0.2) is 5.82 Å². The van der Waals surface area contributed by atoms with Crippen molar-refractivity contribution in [1.29, 1.82) is 0 Å². The lowest BCUT2D eigenvalue weighted by atomic mass is 10.1. The van der Waals surface area contributed by atoms with Crippen molar-refractivity contribution in [2.24, 2.45) is 0 Å². The molecule has 0 saturated heterocycles. The van der Waals surface area contributed by atoms with Gasteiger partial charge in [-0.15, -0.1) is 0 Å². The molecule has 0 unspecified atom stereocenters. The third kappa shape index (κ3) is 4.12. The highest BCUT2D eigenvalue weighted by Crippen LogP contribution is 2.18. The van der Waals surface area contributed by atoms with Gasteiger partial charge >= 0.3 is 0 Å². The zero-order valence-electron chi connectivity index (χ0n) is 21.4. The second kappa shape index (κ2) is 9.58. The van der Waals surface area contributed by atoms with Crippen LogP contribution in [0.15, 0.2) is 122 Å². The van der Waals surface area contributed by atoms with Crippen LogP contribution in [-0.2, 0) is 0 Å². The molecule has 3 aromatic carbocycles. The number of hydrogen-bond acceptors (Lipinski definition) is 2. The van der Waals surface area contributed by atoms with Crippen molar-refractivity contribution in [3.63, 3.8) is 0 Å². The van der Waals surface area contributed by atoms with E-state index in [4.69, 9.17) is 9.97 Å². The molecule has 3 aromatic heterocycles. The van der Waals surface area contributed by atoms with Crippen molar-refractivity contribution < 1.29 is 0 Å². The number of rotatable bonds is 3. The summed E-state index contributed by atoms with van der Waals surface area (Å²) >= 11 is 0. The van der Waals surface area contributed by atoms with Crippen LogP contribution < -0.4 is 21.1 Å². The minimum atomic E-state index is 0.712. The first-order valence-electron chi connectivity index (χ1n) is 13.1. The van der Waals surface area contributed by atoms with Gasteiger partial charge in [-0.05, 0) is 53.6 Å². The van der Waals surface area contributed by atoms with Gasteiger partial charge in [-0.25, -0.2) is 9.97 Å². The van der Waals surface area contributed by atoms with Crippen molar-refractivity contribution in [2.75, 3.05) is 0 Å². The van der Waals surface area contributed by atoms with Gasteiger partial charge in [0.05, 0.1) is 34.3 Å². The topological polar surface area (TPSA) is 35.6 Å². The van der Waals surface area contributed by atoms with E-state index in [0.29, 0.717) is 5.82 Å². The van der Waals surface area contributed by atoms with Crippen molar-refractivity contribution in [1.82, 2.24) is 19.1 Å². The van der Waals surface area contributed by atoms with Gasteiger partial charge < -0.3 is 9.13 Å². The van der Waals surface area contributed by atoms with Crippen molar-refractivity contribution in [3.8, 4) is 22.8 Å². The Morgan fingerprint density at radius 2 is 1.36 bits per heavy atom. The average molecular weight is 503 g/mol. The molecule has 0 fully saturated rings. The maximum atomic E-state index is 4.73. The molecule has 3 heterocycles. The van der Waals surface area contributed by atoms with Gasteiger partial charge in [-0.3, -0.25) is 0 Å². The van der Waals surface area contributed by atoms with Gasteiger partial charge in [-0.2, -0.15) is 0 Å². The highest BCUT2D eigenvalue weighted by Gasteiger charge is 2.11. The molecule has 0 amide bonds. The minimum absolute atomic E-state index is 0.712. The maximum Gasteiger partial charge on any atom is 0.159 e. The molecule has 0 saturated carbocycles. The predicted molar refractivity (Wildman–Crippen MR) is 160 cm³/mol. The highest BCUT2D eigenvalue weighted by molar-refractivity contribution is 5.85. The van der Waals surface area contributed by atoms with E-state index in [2.05, 4.69) is 101 Å². The molecule has 4 heteroatoms. The van der Waals surface area contributed by atoms with Crippen molar-refractivity contribution >= 4 is 35.2 Å². The molecule has 0 spiro atoms. The molecule has 0 N–H and O–H groups in total. The Balaban J connectivity index is 1.44. The standard InChI is InChI=1S/C35H26N4/c1-25-21-33-26(19-20-38(33)28-14-6-3-7-15-28)13-10-17-31-30-16-8-9-18-32(30)39(34(31)22-25)29-23-36-35(37-24-29)27-11-4-2-5-12-27/h2-9,11-24H,1,10H2/b26-13-,31-17-,33-21+,34-22+. The van der Waals surface area contributed by atoms with Crippen LogP contribution in [0.1, 0.15) is 6.42 Å². The lowest BCUT2D eigenvalue weighted by Crippen LogP contribution is -2.31. The lowest BCUT2D eigenvalue weighted by Gasteiger charge is -2.08. The number of fused-ring (bicyclic) bond motifs is 4. The molecule has 0 bridgehead atoms. The Bertz CT molecular complexity index is 2080. The van der Waals surface area contributed by atoms with Crippen LogP contribution in [0.25, 0.3) is 58.0 Å². The van der Waals surface area contributed by atoms with E-state index < -0.39 is 0 Å². The normalized spacial score (nSPS) is 16.4. The summed E-state index contributed by atoms with van der Waals surface area (Å²) in [6.45, 7) is 4.46. The fourth-order valence-corrected chi connectivity index (χ4v) is 5.39. The zero-order valence-corrected chi connectivity index (χ0v) is 21.4. The highest BCUT2D eigenvalue weighted by atomic mass is 15.0. The Kier molecular flexibility index (Phi) is 5.64. The molecular weight excluding hydrogens is 476 g/mol. The molecular formula is C35H26N4. The first kappa shape index (κ1) is 22.9. The second-order valence-corrected chi connectivity index (χ2v) is 9.65. The Hall–Kier alpha value is -5.22. The molecule has 6 aromatic rings. The SMILES string of the molecule is C=C1/C=c2\c(ccn2-c2ccccc2)=C/C/C=c2\c(n(-c3cnc(-c4ccccc4)nc3)c3ccccc23)=C/1. The summed E-state index contributed by atoms with van der Waals surface area (Å²) in [6, 6.07) is 31.2. The van der Waals surface area contributed by atoms with Crippen LogP contribution in [0, 0.1) is 0 Å². The summed E-state index contributed by atoms with van der Waals surface area (Å²) in [5.41, 5.74) is 5.08. The van der Waals surface area contributed by atoms with E-state index in [1.54, 1.807) is 0 Å². The minimum Gasteiger partial charge on any atom is -0.317 e. The second-order valence-electron chi connectivity index (χ2n) is 9.65. The van der Waals surface area contributed by atoms with Crippen LogP contribution in [-0.4, -0.2) is 19.1 Å². The van der Waals surface area contributed by atoms with E-state index in [1.165, 1.54) is 15.8 Å². The molecule has 7 rings (SSSR count). The molecule has 186 valence electrons. The van der Waals surface area contributed by atoms with Gasteiger partial charge in [0.1, 0.15) is 0 Å². The molecule has 1 aliphatic carbocycles. The Morgan fingerprint density at radius 3 is 2.15 bits per heavy atom. The van der Waals surface area contributed by atoms with E-state index in [0.717, 1.165) is 45.1 Å². The lowest BCUT2D eigenvalue weighted by molar-refractivity contribution is 1.02. The fraction of sp³-hybridized carbons (Fsp3) is 0.0286. The third-order valence-corrected chi connectivity index (χ3v) is 7.18. The van der Waals surface area contributed by atoms with E-state index >= 15 is 0 Å². The summed E-state index contributed by atoms with van der Waals surface area (Å²) < 4.78 is 4.47. The van der Waals surface area contributed by atoms with E-state index in [9.17, 15) is 0 Å². The smallest absolute Gasteiger partial charge is 0.159 e. The Morgan fingerprint density at radius 1 is 0.667 bits per heavy atom. The number of benzene rings is 3. The number of allylic oxidation sites excluding steroid dienone is 1. The van der Waals surface area contributed by atoms with E-state index in [1.807, 2.05) is 48.8 Å². The molecule has 1 aliphatic rings. The van der Waals surface area contributed by atoms with Crippen LogP contribution in [0.4, 0.5) is 0 Å². The molecule has 0 radical (unpaired) electrons. The number of hydrogen-bond donors (Lipinski definition) is 0. The van der Waals surface area contributed by atoms with Crippen LogP contribution in [0.3, 0.4) is 0 Å². The monoisotopic (exact) mass is 502 g/mol.